The maximum atomic E-state index is 12.2. The lowest BCUT2D eigenvalue weighted by Gasteiger charge is -2.15. The van der Waals surface area contributed by atoms with E-state index in [1.54, 1.807) is 0 Å². The zero-order valence-corrected chi connectivity index (χ0v) is 13.3. The Kier molecular flexibility index (Phi) is 4.33. The molecule has 2 N–H and O–H groups in total. The Balaban J connectivity index is 2.05. The lowest BCUT2D eigenvalue weighted by molar-refractivity contribution is 0.0691. The van der Waals surface area contributed by atoms with Gasteiger partial charge in [0.15, 0.2) is 5.69 Å². The third-order valence-electron chi connectivity index (χ3n) is 2.58. The zero-order chi connectivity index (χ0) is 15.6. The number of carbonyl (C=O) groups excluding carboxylic acids is 1. The maximum Gasteiger partial charge on any atom is 0.355 e. The van der Waals surface area contributed by atoms with Crippen LogP contribution in [-0.4, -0.2) is 31.6 Å². The number of amides is 1. The van der Waals surface area contributed by atoms with Crippen LogP contribution < -0.4 is 5.32 Å². The highest BCUT2D eigenvalue weighted by molar-refractivity contribution is 7.09. The minimum absolute atomic E-state index is 0.0147. The lowest BCUT2D eigenvalue weighted by atomic mass is 9.91. The van der Waals surface area contributed by atoms with Gasteiger partial charge in [-0.05, 0) is 11.5 Å². The van der Waals surface area contributed by atoms with Crippen LogP contribution in [0.5, 0.6) is 0 Å². The fourth-order valence-electron chi connectivity index (χ4n) is 1.56. The normalized spacial score (nSPS) is 11.4. The Labute approximate surface area is 129 Å². The molecule has 0 atom stereocenters. The standard InChI is InChI=1S/C12H14N4O3S2/c1-12(2,3)9-8(21-16-15-9)10(17)13-4-7-14-6(5-20-7)11(18)19/h5H,4H2,1-3H3,(H,13,17)(H,18,19). The molecule has 0 aliphatic carbocycles. The highest BCUT2D eigenvalue weighted by atomic mass is 32.1. The Morgan fingerprint density at radius 1 is 1.38 bits per heavy atom. The number of thiazole rings is 1. The second-order valence-electron chi connectivity index (χ2n) is 5.31. The molecule has 0 aliphatic heterocycles. The third-order valence-corrected chi connectivity index (χ3v) is 4.15. The van der Waals surface area contributed by atoms with Crippen molar-refractivity contribution in [3.05, 3.63) is 26.7 Å². The summed E-state index contributed by atoms with van der Waals surface area (Å²) >= 11 is 2.24. The number of hydrogen-bond donors (Lipinski definition) is 2. The van der Waals surface area contributed by atoms with Gasteiger partial charge in [0, 0.05) is 10.8 Å². The smallest absolute Gasteiger partial charge is 0.355 e. The van der Waals surface area contributed by atoms with Gasteiger partial charge in [-0.1, -0.05) is 25.3 Å². The Hall–Kier alpha value is -1.87. The van der Waals surface area contributed by atoms with Gasteiger partial charge >= 0.3 is 5.97 Å². The highest BCUT2D eigenvalue weighted by Gasteiger charge is 2.26. The van der Waals surface area contributed by atoms with Crippen molar-refractivity contribution in [1.82, 2.24) is 19.9 Å². The van der Waals surface area contributed by atoms with Crippen molar-refractivity contribution >= 4 is 34.7 Å². The summed E-state index contributed by atoms with van der Waals surface area (Å²) in [6, 6.07) is 0. The summed E-state index contributed by atoms with van der Waals surface area (Å²) in [6.07, 6.45) is 0. The maximum absolute atomic E-state index is 12.2. The average Bonchev–Trinajstić information content (AvgIpc) is 3.04. The van der Waals surface area contributed by atoms with Crippen LogP contribution in [0.4, 0.5) is 0 Å². The van der Waals surface area contributed by atoms with Crippen LogP contribution >= 0.6 is 22.9 Å². The predicted octanol–water partition coefficient (Wildman–Crippen LogP) is 1.92. The van der Waals surface area contributed by atoms with E-state index in [4.69, 9.17) is 5.11 Å². The molecule has 21 heavy (non-hydrogen) atoms. The minimum atomic E-state index is -1.08. The van der Waals surface area contributed by atoms with Gasteiger partial charge in [-0.15, -0.1) is 16.4 Å². The molecule has 0 aromatic carbocycles. The number of nitrogens with one attached hydrogen (secondary N) is 1. The van der Waals surface area contributed by atoms with E-state index in [2.05, 4.69) is 19.9 Å². The number of carbonyl (C=O) groups is 2. The minimum Gasteiger partial charge on any atom is -0.476 e. The molecule has 7 nitrogen and oxygen atoms in total. The number of carboxylic acid groups (broad SMARTS) is 1. The monoisotopic (exact) mass is 326 g/mol. The predicted molar refractivity (Wildman–Crippen MR) is 78.9 cm³/mol. The second-order valence-corrected chi connectivity index (χ2v) is 7.01. The average molecular weight is 326 g/mol. The van der Waals surface area contributed by atoms with E-state index in [1.807, 2.05) is 20.8 Å². The Morgan fingerprint density at radius 3 is 2.67 bits per heavy atom. The summed E-state index contributed by atoms with van der Waals surface area (Å²) in [5.41, 5.74) is 0.367. The molecule has 1 amide bonds. The molecule has 2 rings (SSSR count). The van der Waals surface area contributed by atoms with Crippen molar-refractivity contribution in [3.63, 3.8) is 0 Å². The fraction of sp³-hybridized carbons (Fsp3) is 0.417. The molecule has 0 spiro atoms. The van der Waals surface area contributed by atoms with Gasteiger partial charge in [0.05, 0.1) is 12.2 Å². The van der Waals surface area contributed by atoms with Crippen molar-refractivity contribution < 1.29 is 14.7 Å². The van der Waals surface area contributed by atoms with Crippen LogP contribution in [0.3, 0.4) is 0 Å². The van der Waals surface area contributed by atoms with E-state index >= 15 is 0 Å². The largest absolute Gasteiger partial charge is 0.476 e. The van der Waals surface area contributed by atoms with Crippen LogP contribution in [0, 0.1) is 0 Å². The topological polar surface area (TPSA) is 105 Å². The van der Waals surface area contributed by atoms with Crippen LogP contribution in [0.2, 0.25) is 0 Å². The van der Waals surface area contributed by atoms with Crippen molar-refractivity contribution in [1.29, 1.82) is 0 Å². The van der Waals surface area contributed by atoms with Gasteiger partial charge in [-0.2, -0.15) is 0 Å². The molecule has 0 radical (unpaired) electrons. The molecule has 0 saturated heterocycles. The molecule has 0 saturated carbocycles. The molecular weight excluding hydrogens is 312 g/mol. The first-order chi connectivity index (χ1) is 9.79. The summed E-state index contributed by atoms with van der Waals surface area (Å²) in [5, 5.41) is 17.5. The van der Waals surface area contributed by atoms with Crippen LogP contribution in [0.15, 0.2) is 5.38 Å². The molecule has 112 valence electrons. The molecule has 0 fully saturated rings. The van der Waals surface area contributed by atoms with E-state index in [9.17, 15) is 9.59 Å². The van der Waals surface area contributed by atoms with Crippen molar-refractivity contribution in [2.45, 2.75) is 32.7 Å². The Morgan fingerprint density at radius 2 is 2.10 bits per heavy atom. The van der Waals surface area contributed by atoms with Crippen LogP contribution in [0.1, 0.15) is 51.6 Å². The molecule has 9 heteroatoms. The Bertz CT molecular complexity index is 672. The first-order valence-electron chi connectivity index (χ1n) is 6.07. The van der Waals surface area contributed by atoms with Crippen molar-refractivity contribution in [2.24, 2.45) is 0 Å². The summed E-state index contributed by atoms with van der Waals surface area (Å²) in [4.78, 5) is 27.3. The highest BCUT2D eigenvalue weighted by Crippen LogP contribution is 2.25. The van der Waals surface area contributed by atoms with E-state index in [0.717, 1.165) is 11.5 Å². The third kappa shape index (κ3) is 3.61. The van der Waals surface area contributed by atoms with E-state index in [-0.39, 0.29) is 23.6 Å². The molecule has 2 heterocycles. The second kappa shape index (κ2) is 5.86. The molecule has 0 unspecified atom stereocenters. The van der Waals surface area contributed by atoms with Gasteiger partial charge in [0.25, 0.3) is 5.91 Å². The van der Waals surface area contributed by atoms with Gasteiger partial charge in [-0.25, -0.2) is 9.78 Å². The lowest BCUT2D eigenvalue weighted by Crippen LogP contribution is -2.25. The number of aromatic nitrogens is 3. The number of nitrogens with zero attached hydrogens (tertiary/aromatic N) is 3. The summed E-state index contributed by atoms with van der Waals surface area (Å²) in [7, 11) is 0. The molecule has 2 aromatic rings. The van der Waals surface area contributed by atoms with Gasteiger partial charge in [0.2, 0.25) is 0 Å². The number of hydrogen-bond acceptors (Lipinski definition) is 7. The van der Waals surface area contributed by atoms with Crippen LogP contribution in [-0.2, 0) is 12.0 Å². The first-order valence-corrected chi connectivity index (χ1v) is 7.73. The van der Waals surface area contributed by atoms with Crippen LogP contribution in [0.25, 0.3) is 0 Å². The zero-order valence-electron chi connectivity index (χ0n) is 11.7. The summed E-state index contributed by atoms with van der Waals surface area (Å²) in [5.74, 6) is -1.35. The van der Waals surface area contributed by atoms with Gasteiger partial charge < -0.3 is 10.4 Å². The molecule has 0 aliphatic rings. The number of aromatic carboxylic acids is 1. The molecule has 2 aromatic heterocycles. The number of carboxylic acids is 1. The summed E-state index contributed by atoms with van der Waals surface area (Å²) in [6.45, 7) is 6.06. The molecule has 0 bridgehead atoms. The van der Waals surface area contributed by atoms with Crippen molar-refractivity contribution in [3.8, 4) is 0 Å². The van der Waals surface area contributed by atoms with Gasteiger partial charge in [0.1, 0.15) is 9.88 Å². The SMILES string of the molecule is CC(C)(C)c1nnsc1C(=O)NCc1nc(C(=O)O)cs1. The van der Waals surface area contributed by atoms with Gasteiger partial charge in [-0.3, -0.25) is 4.79 Å². The fourth-order valence-corrected chi connectivity index (χ4v) is 3.06. The van der Waals surface area contributed by atoms with E-state index in [0.29, 0.717) is 15.6 Å². The first kappa shape index (κ1) is 15.5. The van der Waals surface area contributed by atoms with Crippen molar-refractivity contribution in [2.75, 3.05) is 0 Å². The van der Waals surface area contributed by atoms with E-state index < -0.39 is 5.97 Å². The quantitative estimate of drug-likeness (QED) is 0.889. The van der Waals surface area contributed by atoms with E-state index in [1.165, 1.54) is 16.7 Å². The summed E-state index contributed by atoms with van der Waals surface area (Å²) < 4.78 is 3.83. The number of rotatable bonds is 4. The molecular formula is C12H14N4O3S2.